The second-order valence-electron chi connectivity index (χ2n) is 8.55. The summed E-state index contributed by atoms with van der Waals surface area (Å²) < 4.78 is 27.9. The molecule has 0 radical (unpaired) electrons. The first-order valence-electron chi connectivity index (χ1n) is 11.2. The number of aromatic nitrogens is 1. The number of fused-ring (bicyclic) bond motifs is 3. The molecule has 5 rings (SSSR count). The molecule has 0 amide bonds. The van der Waals surface area contributed by atoms with E-state index in [1.54, 1.807) is 23.5 Å². The molecule has 1 aliphatic carbocycles. The molecule has 1 aromatic heterocycles. The number of benzene rings is 2. The minimum absolute atomic E-state index is 0.299. The maximum absolute atomic E-state index is 12.6. The minimum Gasteiger partial charge on any atom is -0.336 e. The monoisotopic (exact) mass is 497 g/mol. The van der Waals surface area contributed by atoms with E-state index in [1.165, 1.54) is 21.0 Å². The van der Waals surface area contributed by atoms with Gasteiger partial charge < -0.3 is 5.32 Å². The Morgan fingerprint density at radius 1 is 1.09 bits per heavy atom. The fourth-order valence-electron chi connectivity index (χ4n) is 4.18. The second-order valence-corrected chi connectivity index (χ2v) is 12.5. The third kappa shape index (κ3) is 5.19. The van der Waals surface area contributed by atoms with E-state index in [4.69, 9.17) is 4.98 Å². The van der Waals surface area contributed by atoms with E-state index in [-0.39, 0.29) is 0 Å². The summed E-state index contributed by atoms with van der Waals surface area (Å²) in [5, 5.41) is 4.49. The van der Waals surface area contributed by atoms with E-state index in [0.29, 0.717) is 17.4 Å². The average molecular weight is 498 g/mol. The molecular weight excluding hydrogens is 470 g/mol. The predicted octanol–water partition coefficient (Wildman–Crippen LogP) is 5.84. The highest BCUT2D eigenvalue weighted by molar-refractivity contribution is 7.99. The van der Waals surface area contributed by atoms with Crippen LogP contribution in [0.2, 0.25) is 0 Å². The first-order valence-corrected chi connectivity index (χ1v) is 14.5. The van der Waals surface area contributed by atoms with Gasteiger partial charge in [-0.2, -0.15) is 0 Å². The molecule has 2 N–H and O–H groups in total. The lowest BCUT2D eigenvalue weighted by molar-refractivity contribution is 0.460. The van der Waals surface area contributed by atoms with E-state index >= 15 is 0 Å². The van der Waals surface area contributed by atoms with Gasteiger partial charge in [0.15, 0.2) is 5.13 Å². The van der Waals surface area contributed by atoms with Crippen molar-refractivity contribution in [1.82, 2.24) is 9.71 Å². The van der Waals surface area contributed by atoms with Crippen molar-refractivity contribution in [1.29, 1.82) is 0 Å². The van der Waals surface area contributed by atoms with Gasteiger partial charge in [0.2, 0.25) is 10.0 Å². The maximum Gasteiger partial charge on any atom is 0.240 e. The molecule has 2 aromatic carbocycles. The number of sulfonamides is 1. The van der Waals surface area contributed by atoms with Crippen LogP contribution >= 0.6 is 23.1 Å². The molecule has 1 aliphatic heterocycles. The summed E-state index contributed by atoms with van der Waals surface area (Å²) in [6.07, 6.45) is 5.93. The molecule has 0 spiro atoms. The molecule has 0 saturated carbocycles. The Balaban J connectivity index is 1.20. The zero-order valence-electron chi connectivity index (χ0n) is 18.5. The SMILES string of the molecule is Cc1ccc(S(=O)(=O)NC[C@@H]2CC=C(Nc3nc4c(s3)CCSc3ccccc3-4)CC2)cc1. The molecular formula is C25H27N3O2S3. The second kappa shape index (κ2) is 9.62. The van der Waals surface area contributed by atoms with Gasteiger partial charge in [0.05, 0.1) is 10.6 Å². The number of hydrogen-bond acceptors (Lipinski definition) is 6. The predicted molar refractivity (Wildman–Crippen MR) is 137 cm³/mol. The van der Waals surface area contributed by atoms with Crippen LogP contribution in [0.3, 0.4) is 0 Å². The van der Waals surface area contributed by atoms with Crippen LogP contribution in [0.25, 0.3) is 11.3 Å². The van der Waals surface area contributed by atoms with Gasteiger partial charge in [0.25, 0.3) is 0 Å². The molecule has 8 heteroatoms. The highest BCUT2D eigenvalue weighted by Gasteiger charge is 2.22. The Labute approximate surface area is 203 Å². The van der Waals surface area contributed by atoms with E-state index in [9.17, 15) is 8.42 Å². The lowest BCUT2D eigenvalue weighted by Gasteiger charge is -2.22. The summed E-state index contributed by atoms with van der Waals surface area (Å²) in [6.45, 7) is 2.41. The van der Waals surface area contributed by atoms with Crippen LogP contribution in [0.5, 0.6) is 0 Å². The van der Waals surface area contributed by atoms with E-state index in [1.807, 2.05) is 30.8 Å². The Morgan fingerprint density at radius 2 is 1.91 bits per heavy atom. The molecule has 0 unspecified atom stereocenters. The fourth-order valence-corrected chi connectivity index (χ4v) is 7.46. The van der Waals surface area contributed by atoms with Crippen molar-refractivity contribution in [3.05, 3.63) is 70.7 Å². The number of thiazole rings is 1. The molecule has 0 saturated heterocycles. The normalized spacial score (nSPS) is 18.1. The number of thioether (sulfide) groups is 1. The van der Waals surface area contributed by atoms with Crippen molar-refractivity contribution in [2.75, 3.05) is 17.6 Å². The third-order valence-electron chi connectivity index (χ3n) is 6.11. The number of rotatable bonds is 6. The van der Waals surface area contributed by atoms with Crippen LogP contribution in [0.4, 0.5) is 5.13 Å². The summed E-state index contributed by atoms with van der Waals surface area (Å²) >= 11 is 3.65. The smallest absolute Gasteiger partial charge is 0.240 e. The highest BCUT2D eigenvalue weighted by Crippen LogP contribution is 2.41. The van der Waals surface area contributed by atoms with Crippen LogP contribution in [0, 0.1) is 12.8 Å². The van der Waals surface area contributed by atoms with Gasteiger partial charge in [-0.05, 0) is 56.7 Å². The fraction of sp³-hybridized carbons (Fsp3) is 0.320. The number of allylic oxidation sites excluding steroid dienone is 2. The van der Waals surface area contributed by atoms with Gasteiger partial charge in [-0.3, -0.25) is 0 Å². The lowest BCUT2D eigenvalue weighted by Crippen LogP contribution is -2.30. The quantitative estimate of drug-likeness (QED) is 0.448. The average Bonchev–Trinajstić information content (AvgIpc) is 3.13. The first kappa shape index (κ1) is 22.7. The zero-order chi connectivity index (χ0) is 22.8. The van der Waals surface area contributed by atoms with Crippen molar-refractivity contribution in [3.8, 4) is 11.3 Å². The van der Waals surface area contributed by atoms with Gasteiger partial charge in [0, 0.05) is 33.3 Å². The van der Waals surface area contributed by atoms with Gasteiger partial charge in [-0.1, -0.05) is 42.0 Å². The molecule has 0 bridgehead atoms. The first-order chi connectivity index (χ1) is 16.0. The standard InChI is InChI=1S/C25H27N3O2S3/c1-17-6-12-20(13-7-17)33(29,30)26-16-18-8-10-19(11-9-18)27-25-28-24-21-4-2-3-5-22(21)31-15-14-23(24)32-25/h2-7,10,12-13,18,26H,8-9,11,14-16H2,1H3,(H,27,28)/t18-/m1/s1. The van der Waals surface area contributed by atoms with Crippen molar-refractivity contribution in [2.24, 2.45) is 5.92 Å². The van der Waals surface area contributed by atoms with Crippen LogP contribution < -0.4 is 10.0 Å². The van der Waals surface area contributed by atoms with E-state index < -0.39 is 10.0 Å². The van der Waals surface area contributed by atoms with E-state index in [0.717, 1.165) is 47.8 Å². The Bertz CT molecular complexity index is 1280. The molecule has 0 fully saturated rings. The highest BCUT2D eigenvalue weighted by atomic mass is 32.2. The topological polar surface area (TPSA) is 71.1 Å². The summed E-state index contributed by atoms with van der Waals surface area (Å²) in [5.74, 6) is 1.38. The minimum atomic E-state index is -3.46. The summed E-state index contributed by atoms with van der Waals surface area (Å²) in [7, 11) is -3.46. The van der Waals surface area contributed by atoms with Gasteiger partial charge in [0.1, 0.15) is 0 Å². The summed E-state index contributed by atoms with van der Waals surface area (Å²) in [4.78, 5) is 7.91. The van der Waals surface area contributed by atoms with Crippen LogP contribution in [0.1, 0.15) is 29.7 Å². The van der Waals surface area contributed by atoms with Gasteiger partial charge in [-0.15, -0.1) is 23.1 Å². The Morgan fingerprint density at radius 3 is 2.70 bits per heavy atom. The van der Waals surface area contributed by atoms with E-state index in [2.05, 4.69) is 40.4 Å². The van der Waals surface area contributed by atoms with Gasteiger partial charge >= 0.3 is 0 Å². The van der Waals surface area contributed by atoms with Crippen molar-refractivity contribution < 1.29 is 8.42 Å². The van der Waals surface area contributed by atoms with Crippen LogP contribution in [-0.2, 0) is 16.4 Å². The largest absolute Gasteiger partial charge is 0.336 e. The number of nitrogens with zero attached hydrogens (tertiary/aromatic N) is 1. The zero-order valence-corrected chi connectivity index (χ0v) is 21.0. The summed E-state index contributed by atoms with van der Waals surface area (Å²) in [5.41, 5.74) is 4.58. The molecule has 172 valence electrons. The molecule has 5 nitrogen and oxygen atoms in total. The van der Waals surface area contributed by atoms with Gasteiger partial charge in [-0.25, -0.2) is 18.1 Å². The Kier molecular flexibility index (Phi) is 6.60. The van der Waals surface area contributed by atoms with Crippen molar-refractivity contribution in [2.45, 2.75) is 42.4 Å². The molecule has 3 aromatic rings. The maximum atomic E-state index is 12.6. The molecule has 1 atom stereocenters. The van der Waals surface area contributed by atoms with Crippen LogP contribution in [-0.4, -0.2) is 25.7 Å². The number of anilines is 1. The number of hydrogen-bond donors (Lipinski definition) is 2. The molecule has 33 heavy (non-hydrogen) atoms. The van der Waals surface area contributed by atoms with Crippen molar-refractivity contribution in [3.63, 3.8) is 0 Å². The Hall–Kier alpha value is -2.13. The molecule has 2 heterocycles. The number of nitrogens with one attached hydrogen (secondary N) is 2. The van der Waals surface area contributed by atoms with Crippen LogP contribution in [0.15, 0.2) is 70.1 Å². The third-order valence-corrected chi connectivity index (χ3v) is 9.65. The lowest BCUT2D eigenvalue weighted by atomic mass is 9.93. The van der Waals surface area contributed by atoms with Crippen molar-refractivity contribution >= 4 is 38.3 Å². The summed E-state index contributed by atoms with van der Waals surface area (Å²) in [6, 6.07) is 15.5. The molecule has 2 aliphatic rings. The number of aryl methyl sites for hydroxylation is 2.